The molecule has 0 aliphatic heterocycles. The minimum Gasteiger partial charge on any atom is -0.504 e. The number of aromatic hydroxyl groups is 1. The minimum absolute atomic E-state index is 0.147. The number of aromatic nitrogens is 2. The fourth-order valence-corrected chi connectivity index (χ4v) is 2.70. The van der Waals surface area contributed by atoms with Crippen LogP contribution in [0.2, 0.25) is 0 Å². The summed E-state index contributed by atoms with van der Waals surface area (Å²) >= 11 is 1.31. The first kappa shape index (κ1) is 12.8. The highest BCUT2D eigenvalue weighted by Crippen LogP contribution is 2.38. The van der Waals surface area contributed by atoms with Gasteiger partial charge in [-0.25, -0.2) is 14.8 Å². The van der Waals surface area contributed by atoms with Crippen LogP contribution in [0.5, 0.6) is 5.75 Å². The molecule has 0 aliphatic carbocycles. The van der Waals surface area contributed by atoms with Crippen molar-refractivity contribution >= 4 is 27.5 Å². The SMILES string of the molecule is Cc1nc(C(=O)O)c(O)c2sc(C(C)(C)C)nc12. The summed E-state index contributed by atoms with van der Waals surface area (Å²) in [5, 5.41) is 19.8. The average Bonchev–Trinajstić information content (AvgIpc) is 2.67. The van der Waals surface area contributed by atoms with E-state index in [0.717, 1.165) is 5.01 Å². The number of thiazole rings is 1. The standard InChI is InChI=1S/C12H14N2O3S/c1-5-6-9(8(15)7(13-5)10(16)17)18-11(14-6)12(2,3)4/h15H,1-4H3,(H,16,17). The Balaban J connectivity index is 2.81. The van der Waals surface area contributed by atoms with Crippen LogP contribution in [0.1, 0.15) is 42.0 Å². The van der Waals surface area contributed by atoms with Crippen LogP contribution < -0.4 is 0 Å². The third-order valence-corrected chi connectivity index (χ3v) is 4.02. The summed E-state index contributed by atoms with van der Waals surface area (Å²) in [4.78, 5) is 19.3. The summed E-state index contributed by atoms with van der Waals surface area (Å²) in [5.74, 6) is -1.53. The zero-order valence-electron chi connectivity index (χ0n) is 10.6. The number of carbonyl (C=O) groups is 1. The summed E-state index contributed by atoms with van der Waals surface area (Å²) in [6.07, 6.45) is 0. The lowest BCUT2D eigenvalue weighted by molar-refractivity contribution is 0.0687. The minimum atomic E-state index is -1.23. The first-order chi connectivity index (χ1) is 8.21. The second-order valence-corrected chi connectivity index (χ2v) is 6.15. The molecule has 0 spiro atoms. The van der Waals surface area contributed by atoms with Crippen molar-refractivity contribution in [2.24, 2.45) is 0 Å². The summed E-state index contributed by atoms with van der Waals surface area (Å²) < 4.78 is 0.491. The Morgan fingerprint density at radius 2 is 1.89 bits per heavy atom. The number of carboxylic acid groups (broad SMARTS) is 1. The van der Waals surface area contributed by atoms with Crippen molar-refractivity contribution in [3.63, 3.8) is 0 Å². The Morgan fingerprint density at radius 1 is 1.28 bits per heavy atom. The van der Waals surface area contributed by atoms with Gasteiger partial charge in [0.05, 0.1) is 10.7 Å². The molecule has 5 nitrogen and oxygen atoms in total. The van der Waals surface area contributed by atoms with Gasteiger partial charge in [0.2, 0.25) is 0 Å². The molecular weight excluding hydrogens is 252 g/mol. The van der Waals surface area contributed by atoms with Gasteiger partial charge in [-0.2, -0.15) is 0 Å². The van der Waals surface area contributed by atoms with Gasteiger partial charge in [0, 0.05) is 5.41 Å². The first-order valence-corrected chi connectivity index (χ1v) is 6.27. The van der Waals surface area contributed by atoms with Crippen LogP contribution in [0.15, 0.2) is 0 Å². The van der Waals surface area contributed by atoms with Crippen LogP contribution in [0.25, 0.3) is 10.2 Å². The topological polar surface area (TPSA) is 83.3 Å². The van der Waals surface area contributed by atoms with Crippen molar-refractivity contribution in [1.29, 1.82) is 0 Å². The van der Waals surface area contributed by atoms with Gasteiger partial charge < -0.3 is 10.2 Å². The Bertz CT molecular complexity index is 641. The maximum Gasteiger partial charge on any atom is 0.358 e. The number of hydrogen-bond donors (Lipinski definition) is 2. The van der Waals surface area contributed by atoms with Gasteiger partial charge in [-0.15, -0.1) is 11.3 Å². The molecule has 0 unspecified atom stereocenters. The Labute approximate surface area is 108 Å². The zero-order valence-corrected chi connectivity index (χ0v) is 11.4. The summed E-state index contributed by atoms with van der Waals surface area (Å²) in [5.41, 5.74) is 0.634. The molecule has 0 bridgehead atoms. The quantitative estimate of drug-likeness (QED) is 0.829. The molecule has 0 aromatic carbocycles. The Morgan fingerprint density at radius 3 is 2.39 bits per heavy atom. The molecule has 0 amide bonds. The van der Waals surface area contributed by atoms with Crippen LogP contribution in [0.4, 0.5) is 0 Å². The number of pyridine rings is 1. The molecule has 0 saturated heterocycles. The normalized spacial score (nSPS) is 12.0. The average molecular weight is 266 g/mol. The van der Waals surface area contributed by atoms with Crippen LogP contribution in [0, 0.1) is 6.92 Å². The molecule has 18 heavy (non-hydrogen) atoms. The van der Waals surface area contributed by atoms with Crippen molar-refractivity contribution in [3.05, 3.63) is 16.4 Å². The molecule has 0 radical (unpaired) electrons. The van der Waals surface area contributed by atoms with Crippen molar-refractivity contribution in [2.75, 3.05) is 0 Å². The Hall–Kier alpha value is -1.69. The molecule has 0 atom stereocenters. The highest BCUT2D eigenvalue weighted by atomic mass is 32.1. The van der Waals surface area contributed by atoms with E-state index >= 15 is 0 Å². The molecule has 0 fully saturated rings. The van der Waals surface area contributed by atoms with Gasteiger partial charge in [-0.1, -0.05) is 20.8 Å². The predicted octanol–water partition coefficient (Wildman–Crippen LogP) is 2.70. The van der Waals surface area contributed by atoms with Gasteiger partial charge >= 0.3 is 5.97 Å². The second kappa shape index (κ2) is 3.91. The maximum atomic E-state index is 11.0. The van der Waals surface area contributed by atoms with E-state index in [1.165, 1.54) is 11.3 Å². The van der Waals surface area contributed by atoms with Gasteiger partial charge in [0.15, 0.2) is 11.4 Å². The molecule has 96 valence electrons. The molecule has 0 saturated carbocycles. The highest BCUT2D eigenvalue weighted by Gasteiger charge is 2.24. The van der Waals surface area contributed by atoms with Crippen molar-refractivity contribution in [2.45, 2.75) is 33.1 Å². The molecule has 2 N–H and O–H groups in total. The third kappa shape index (κ3) is 1.92. The van der Waals surface area contributed by atoms with Crippen LogP contribution in [-0.4, -0.2) is 26.2 Å². The van der Waals surface area contributed by atoms with E-state index in [-0.39, 0.29) is 16.9 Å². The van der Waals surface area contributed by atoms with E-state index in [9.17, 15) is 9.90 Å². The Kier molecular flexibility index (Phi) is 2.77. The number of aromatic carboxylic acids is 1. The van der Waals surface area contributed by atoms with Crippen molar-refractivity contribution in [3.8, 4) is 5.75 Å². The van der Waals surface area contributed by atoms with Crippen LogP contribution in [0.3, 0.4) is 0 Å². The smallest absolute Gasteiger partial charge is 0.358 e. The van der Waals surface area contributed by atoms with E-state index in [2.05, 4.69) is 9.97 Å². The third-order valence-electron chi connectivity index (χ3n) is 2.53. The molecular formula is C12H14N2O3S. The summed E-state index contributed by atoms with van der Waals surface area (Å²) in [6, 6.07) is 0. The number of carboxylic acids is 1. The molecule has 0 aliphatic rings. The van der Waals surface area contributed by atoms with E-state index in [4.69, 9.17) is 5.11 Å². The number of rotatable bonds is 1. The van der Waals surface area contributed by atoms with Crippen molar-refractivity contribution < 1.29 is 15.0 Å². The predicted molar refractivity (Wildman–Crippen MR) is 69.5 cm³/mol. The number of fused-ring (bicyclic) bond motifs is 1. The molecule has 2 heterocycles. The monoisotopic (exact) mass is 266 g/mol. The van der Waals surface area contributed by atoms with Crippen molar-refractivity contribution in [1.82, 2.24) is 9.97 Å². The van der Waals surface area contributed by atoms with Crippen LogP contribution in [-0.2, 0) is 5.41 Å². The van der Waals surface area contributed by atoms with E-state index < -0.39 is 5.97 Å². The fourth-order valence-electron chi connectivity index (χ4n) is 1.58. The van der Waals surface area contributed by atoms with E-state index in [1.54, 1.807) is 6.92 Å². The van der Waals surface area contributed by atoms with E-state index in [0.29, 0.717) is 15.9 Å². The molecule has 2 aromatic rings. The van der Waals surface area contributed by atoms with Gasteiger partial charge in [-0.3, -0.25) is 0 Å². The summed E-state index contributed by atoms with van der Waals surface area (Å²) in [7, 11) is 0. The van der Waals surface area contributed by atoms with E-state index in [1.807, 2.05) is 20.8 Å². The lowest BCUT2D eigenvalue weighted by Gasteiger charge is -2.13. The molecule has 6 heteroatoms. The van der Waals surface area contributed by atoms with Gasteiger partial charge in [0.25, 0.3) is 0 Å². The number of aryl methyl sites for hydroxylation is 1. The second-order valence-electron chi connectivity index (χ2n) is 5.15. The lowest BCUT2D eigenvalue weighted by Crippen LogP contribution is -2.10. The summed E-state index contributed by atoms with van der Waals surface area (Å²) in [6.45, 7) is 7.74. The highest BCUT2D eigenvalue weighted by molar-refractivity contribution is 7.19. The molecule has 2 aromatic heterocycles. The van der Waals surface area contributed by atoms with Gasteiger partial charge in [0.1, 0.15) is 10.2 Å². The molecule has 2 rings (SSSR count). The maximum absolute atomic E-state index is 11.0. The number of hydrogen-bond acceptors (Lipinski definition) is 5. The van der Waals surface area contributed by atoms with Crippen LogP contribution >= 0.6 is 11.3 Å². The van der Waals surface area contributed by atoms with Gasteiger partial charge in [-0.05, 0) is 6.92 Å². The number of nitrogens with zero attached hydrogens (tertiary/aromatic N) is 2. The lowest BCUT2D eigenvalue weighted by atomic mass is 9.98. The largest absolute Gasteiger partial charge is 0.504 e. The first-order valence-electron chi connectivity index (χ1n) is 5.45. The fraction of sp³-hybridized carbons (Fsp3) is 0.417. The zero-order chi connectivity index (χ0) is 13.7.